The van der Waals surface area contributed by atoms with Gasteiger partial charge in [-0.05, 0) is 39.2 Å². The second-order valence-electron chi connectivity index (χ2n) is 6.37. The number of aldehydes is 1. The van der Waals surface area contributed by atoms with Crippen LogP contribution in [0.15, 0.2) is 23.7 Å². The van der Waals surface area contributed by atoms with Crippen molar-refractivity contribution in [2.75, 3.05) is 6.54 Å². The van der Waals surface area contributed by atoms with Gasteiger partial charge in [0, 0.05) is 17.7 Å². The number of hydrogen-bond donors (Lipinski definition) is 1. The summed E-state index contributed by atoms with van der Waals surface area (Å²) in [5, 5.41) is 0. The molecule has 0 atom stereocenters. The molecule has 1 aromatic rings. The smallest absolute Gasteiger partial charge is 0.400 e. The quantitative estimate of drug-likeness (QED) is 0.686. The molecule has 0 aliphatic carbocycles. The summed E-state index contributed by atoms with van der Waals surface area (Å²) in [6.45, 7) is 7.87. The molecule has 1 aliphatic rings. The van der Waals surface area contributed by atoms with Crippen LogP contribution in [0.5, 0.6) is 0 Å². The molecule has 0 radical (unpaired) electrons. The van der Waals surface area contributed by atoms with E-state index in [1.54, 1.807) is 12.1 Å². The van der Waals surface area contributed by atoms with Crippen LogP contribution in [0.25, 0.3) is 6.08 Å². The maximum atomic E-state index is 14.0. The summed E-state index contributed by atoms with van der Waals surface area (Å²) in [5.74, 6) is -0.480. The van der Waals surface area contributed by atoms with Crippen LogP contribution in [0.1, 0.15) is 43.6 Å². The Morgan fingerprint density at radius 3 is 2.36 bits per heavy atom. The molecule has 1 heterocycles. The Labute approximate surface area is 130 Å². The second-order valence-corrected chi connectivity index (χ2v) is 6.37. The van der Waals surface area contributed by atoms with E-state index in [9.17, 15) is 9.18 Å². The van der Waals surface area contributed by atoms with Crippen molar-refractivity contribution in [3.05, 3.63) is 40.6 Å². The summed E-state index contributed by atoms with van der Waals surface area (Å²) in [6.07, 6.45) is 2.16. The molecule has 1 fully saturated rings. The van der Waals surface area contributed by atoms with Gasteiger partial charge in [-0.3, -0.25) is 4.79 Å². The van der Waals surface area contributed by atoms with Gasteiger partial charge >= 0.3 is 7.12 Å². The van der Waals surface area contributed by atoms with Crippen molar-refractivity contribution in [2.24, 2.45) is 5.73 Å². The van der Waals surface area contributed by atoms with Crippen molar-refractivity contribution < 1.29 is 18.5 Å². The molecule has 0 spiro atoms. The number of hydrogen-bond acceptors (Lipinski definition) is 4. The molecule has 22 heavy (non-hydrogen) atoms. The molecule has 1 saturated heterocycles. The molecule has 6 heteroatoms. The summed E-state index contributed by atoms with van der Waals surface area (Å²) < 4.78 is 25.8. The van der Waals surface area contributed by atoms with E-state index in [1.165, 1.54) is 12.1 Å². The van der Waals surface area contributed by atoms with E-state index in [1.807, 2.05) is 27.7 Å². The molecule has 118 valence electrons. The maximum absolute atomic E-state index is 14.0. The summed E-state index contributed by atoms with van der Waals surface area (Å²) >= 11 is 0. The Morgan fingerprint density at radius 2 is 1.86 bits per heavy atom. The van der Waals surface area contributed by atoms with E-state index in [4.69, 9.17) is 15.0 Å². The lowest BCUT2D eigenvalue weighted by molar-refractivity contribution is 0.00578. The summed E-state index contributed by atoms with van der Waals surface area (Å²) in [7, 11) is -0.658. The summed E-state index contributed by atoms with van der Waals surface area (Å²) in [6, 6.07) is 4.35. The van der Waals surface area contributed by atoms with Gasteiger partial charge in [0.05, 0.1) is 11.2 Å². The highest BCUT2D eigenvalue weighted by molar-refractivity contribution is 6.56. The van der Waals surface area contributed by atoms with Crippen LogP contribution in [0.3, 0.4) is 0 Å². The van der Waals surface area contributed by atoms with E-state index in [-0.39, 0.29) is 17.7 Å². The fourth-order valence-corrected chi connectivity index (χ4v) is 2.21. The first-order chi connectivity index (χ1) is 10.2. The number of benzene rings is 1. The lowest BCUT2D eigenvalue weighted by Gasteiger charge is -2.32. The Kier molecular flexibility index (Phi) is 4.56. The second kappa shape index (κ2) is 5.95. The minimum absolute atomic E-state index is 0.142. The third-order valence-electron chi connectivity index (χ3n) is 4.34. The number of halogens is 1. The van der Waals surface area contributed by atoms with Crippen molar-refractivity contribution in [1.82, 2.24) is 0 Å². The van der Waals surface area contributed by atoms with Gasteiger partial charge in [0.15, 0.2) is 6.29 Å². The van der Waals surface area contributed by atoms with Crippen LogP contribution in [0.4, 0.5) is 4.39 Å². The van der Waals surface area contributed by atoms with Crippen molar-refractivity contribution in [3.63, 3.8) is 0 Å². The first-order valence-electron chi connectivity index (χ1n) is 7.21. The first-order valence-corrected chi connectivity index (χ1v) is 7.21. The fourth-order valence-electron chi connectivity index (χ4n) is 2.21. The first kappa shape index (κ1) is 16.9. The van der Waals surface area contributed by atoms with Gasteiger partial charge in [0.25, 0.3) is 0 Å². The van der Waals surface area contributed by atoms with Crippen LogP contribution >= 0.6 is 0 Å². The highest BCUT2D eigenvalue weighted by atomic mass is 19.1. The predicted molar refractivity (Wildman–Crippen MR) is 84.9 cm³/mol. The van der Waals surface area contributed by atoms with Gasteiger partial charge in [0.1, 0.15) is 5.82 Å². The highest BCUT2D eigenvalue weighted by Crippen LogP contribution is 2.38. The molecule has 0 amide bonds. The number of carbonyl (C=O) groups is 1. The van der Waals surface area contributed by atoms with Crippen LogP contribution < -0.4 is 5.73 Å². The van der Waals surface area contributed by atoms with E-state index in [0.717, 1.165) is 0 Å². The molecule has 4 nitrogen and oxygen atoms in total. The molecule has 2 rings (SSSR count). The number of carbonyl (C=O) groups excluding carboxylic acids is 1. The third kappa shape index (κ3) is 3.00. The Hall–Kier alpha value is -1.50. The maximum Gasteiger partial charge on any atom is 0.491 e. The SMILES string of the molecule is CC1(C)OB(C(=Cc2c(F)cccc2C=O)CN)OC1(C)C. The molecule has 1 aliphatic heterocycles. The minimum atomic E-state index is -0.658. The normalized spacial score (nSPS) is 20.3. The zero-order chi connectivity index (χ0) is 16.5. The predicted octanol–water partition coefficient (Wildman–Crippen LogP) is 2.61. The molecule has 0 bridgehead atoms. The van der Waals surface area contributed by atoms with E-state index >= 15 is 0 Å². The number of rotatable bonds is 4. The largest absolute Gasteiger partial charge is 0.491 e. The molecule has 1 aromatic carbocycles. The van der Waals surface area contributed by atoms with E-state index < -0.39 is 24.1 Å². The van der Waals surface area contributed by atoms with Gasteiger partial charge < -0.3 is 15.0 Å². The molecular weight excluding hydrogens is 284 g/mol. The van der Waals surface area contributed by atoms with Gasteiger partial charge in [-0.2, -0.15) is 0 Å². The zero-order valence-corrected chi connectivity index (χ0v) is 13.4. The monoisotopic (exact) mass is 305 g/mol. The third-order valence-corrected chi connectivity index (χ3v) is 4.34. The Morgan fingerprint density at radius 1 is 1.27 bits per heavy atom. The van der Waals surface area contributed by atoms with Crippen molar-refractivity contribution in [3.8, 4) is 0 Å². The lowest BCUT2D eigenvalue weighted by Crippen LogP contribution is -2.41. The zero-order valence-electron chi connectivity index (χ0n) is 13.4. The molecule has 0 unspecified atom stereocenters. The van der Waals surface area contributed by atoms with Crippen LogP contribution in [0, 0.1) is 5.82 Å². The van der Waals surface area contributed by atoms with Crippen molar-refractivity contribution in [1.29, 1.82) is 0 Å². The average Bonchev–Trinajstić information content (AvgIpc) is 2.65. The standard InChI is InChI=1S/C16H21BFNO3/c1-15(2)16(3,4)22-17(21-15)12(9-19)8-13-11(10-20)6-5-7-14(13)18/h5-8,10H,9,19H2,1-4H3. The Balaban J connectivity index is 2.40. The van der Waals surface area contributed by atoms with Gasteiger partial charge in [0.2, 0.25) is 0 Å². The van der Waals surface area contributed by atoms with E-state index in [0.29, 0.717) is 11.8 Å². The van der Waals surface area contributed by atoms with Crippen LogP contribution in [-0.2, 0) is 9.31 Å². The van der Waals surface area contributed by atoms with E-state index in [2.05, 4.69) is 0 Å². The number of nitrogens with two attached hydrogens (primary N) is 1. The lowest BCUT2D eigenvalue weighted by atomic mass is 9.77. The summed E-state index contributed by atoms with van der Waals surface area (Å²) in [4.78, 5) is 11.1. The van der Waals surface area contributed by atoms with Crippen molar-refractivity contribution in [2.45, 2.75) is 38.9 Å². The molecule has 2 N–H and O–H groups in total. The summed E-state index contributed by atoms with van der Waals surface area (Å²) in [5.41, 5.74) is 5.83. The Bertz CT molecular complexity index is 597. The van der Waals surface area contributed by atoms with Gasteiger partial charge in [-0.15, -0.1) is 0 Å². The fraction of sp³-hybridized carbons (Fsp3) is 0.438. The molecular formula is C16H21BFNO3. The van der Waals surface area contributed by atoms with Crippen LogP contribution in [-0.4, -0.2) is 31.2 Å². The van der Waals surface area contributed by atoms with Crippen LogP contribution in [0.2, 0.25) is 0 Å². The van der Waals surface area contributed by atoms with Gasteiger partial charge in [-0.1, -0.05) is 18.2 Å². The minimum Gasteiger partial charge on any atom is -0.400 e. The molecule has 0 saturated carbocycles. The van der Waals surface area contributed by atoms with Crippen molar-refractivity contribution >= 4 is 19.5 Å². The average molecular weight is 305 g/mol. The van der Waals surface area contributed by atoms with Gasteiger partial charge in [-0.25, -0.2) is 4.39 Å². The topological polar surface area (TPSA) is 61.5 Å². The molecule has 0 aromatic heterocycles. The highest BCUT2D eigenvalue weighted by Gasteiger charge is 2.52.